The Labute approximate surface area is 267 Å². The zero-order valence-corrected chi connectivity index (χ0v) is 29.0. The Morgan fingerprint density at radius 2 is 1.73 bits per heavy atom. The molecule has 0 radical (unpaired) electrons. The average molecular weight is 636 g/mol. The molecule has 4 rings (SSSR count). The number of rotatable bonds is 16. The van der Waals surface area contributed by atoms with Crippen LogP contribution in [0.4, 0.5) is 0 Å². The van der Waals surface area contributed by atoms with Gasteiger partial charge in [0.2, 0.25) is 0 Å². The molecule has 252 valence electrons. The van der Waals surface area contributed by atoms with E-state index in [4.69, 9.17) is 14.7 Å². The molecule has 0 aromatic rings. The first kappa shape index (κ1) is 35.7. The Bertz CT molecular complexity index is 1120. The third-order valence-corrected chi connectivity index (χ3v) is 13.4. The molecule has 2 N–H and O–H groups in total. The number of unbranched alkanes of at least 4 members (excludes halogenated alkanes) is 1. The van der Waals surface area contributed by atoms with Crippen LogP contribution in [0.1, 0.15) is 125 Å². The molecule has 0 aromatic heterocycles. The van der Waals surface area contributed by atoms with Gasteiger partial charge < -0.3 is 5.32 Å². The fourth-order valence-corrected chi connectivity index (χ4v) is 11.1. The Morgan fingerprint density at radius 1 is 0.977 bits per heavy atom. The Kier molecular flexibility index (Phi) is 12.6. The van der Waals surface area contributed by atoms with Crippen LogP contribution in [0.5, 0.6) is 0 Å². The lowest BCUT2D eigenvalue weighted by molar-refractivity contribution is -0.105. The summed E-state index contributed by atoms with van der Waals surface area (Å²) < 4.78 is 37.1. The summed E-state index contributed by atoms with van der Waals surface area (Å²) >= 11 is 0. The van der Waals surface area contributed by atoms with E-state index in [2.05, 4.69) is 36.1 Å². The third-order valence-electron chi connectivity index (χ3n) is 12.9. The van der Waals surface area contributed by atoms with Crippen molar-refractivity contribution in [1.82, 2.24) is 5.32 Å². The molecule has 10 heteroatoms. The fourth-order valence-electron chi connectivity index (χ4n) is 10.5. The Hall–Kier alpha value is -1.19. The molecule has 4 aliphatic carbocycles. The van der Waals surface area contributed by atoms with Crippen molar-refractivity contribution in [3.63, 3.8) is 0 Å². The van der Waals surface area contributed by atoms with Crippen molar-refractivity contribution < 1.29 is 17.2 Å². The van der Waals surface area contributed by atoms with Gasteiger partial charge in [0.05, 0.1) is 6.10 Å². The molecular formula is C34H61N5O4S. The maximum absolute atomic E-state index is 11.4. The largest absolute Gasteiger partial charge is 0.397 e. The van der Waals surface area contributed by atoms with Crippen LogP contribution in [0.15, 0.2) is 10.1 Å². The van der Waals surface area contributed by atoms with Gasteiger partial charge in [-0.05, 0) is 161 Å². The minimum atomic E-state index is -4.43. The van der Waals surface area contributed by atoms with Gasteiger partial charge >= 0.3 is 10.4 Å². The number of nitrogens with one attached hydrogen (secondary N) is 1. The summed E-state index contributed by atoms with van der Waals surface area (Å²) in [7, 11) is -4.43. The second-order valence-electron chi connectivity index (χ2n) is 15.7. The topological polar surface area (TPSA) is 137 Å². The van der Waals surface area contributed by atoms with Crippen LogP contribution < -0.4 is 5.32 Å². The van der Waals surface area contributed by atoms with Crippen LogP contribution in [-0.2, 0) is 14.6 Å². The second-order valence-corrected chi connectivity index (χ2v) is 16.7. The number of fused-ring (bicyclic) bond motifs is 5. The van der Waals surface area contributed by atoms with Crippen LogP contribution >= 0.6 is 0 Å². The predicted octanol–water partition coefficient (Wildman–Crippen LogP) is 8.42. The van der Waals surface area contributed by atoms with Crippen molar-refractivity contribution in [2.24, 2.45) is 62.4 Å². The van der Waals surface area contributed by atoms with Gasteiger partial charge in [-0.25, -0.2) is 4.18 Å². The molecule has 0 aromatic carbocycles. The number of aliphatic imine (C=N–C) groups is 1. The maximum Gasteiger partial charge on any atom is 0.397 e. The van der Waals surface area contributed by atoms with E-state index < -0.39 is 16.5 Å². The van der Waals surface area contributed by atoms with Crippen molar-refractivity contribution >= 4 is 16.1 Å². The Morgan fingerprint density at radius 3 is 2.45 bits per heavy atom. The Balaban J connectivity index is 1.27. The molecule has 9 atom stereocenters. The molecule has 44 heavy (non-hydrogen) atoms. The van der Waals surface area contributed by atoms with Gasteiger partial charge in [-0.1, -0.05) is 39.7 Å². The van der Waals surface area contributed by atoms with E-state index >= 15 is 0 Å². The lowest BCUT2D eigenvalue weighted by Gasteiger charge is -2.61. The molecule has 0 spiro atoms. The van der Waals surface area contributed by atoms with Crippen molar-refractivity contribution in [1.29, 1.82) is 0 Å². The van der Waals surface area contributed by atoms with E-state index in [1.54, 1.807) is 0 Å². The normalized spacial score (nSPS) is 35.9. The fraction of sp³-hybridized carbons (Fsp3) is 0.971. The van der Waals surface area contributed by atoms with E-state index in [9.17, 15) is 13.0 Å². The molecule has 0 saturated heterocycles. The number of azide groups is 1. The van der Waals surface area contributed by atoms with Crippen LogP contribution in [0, 0.1) is 52.3 Å². The quantitative estimate of drug-likeness (QED) is 0.0577. The van der Waals surface area contributed by atoms with Crippen molar-refractivity contribution in [2.75, 3.05) is 26.2 Å². The molecule has 4 fully saturated rings. The van der Waals surface area contributed by atoms with Crippen molar-refractivity contribution in [3.8, 4) is 0 Å². The minimum Gasteiger partial charge on any atom is -0.317 e. The van der Waals surface area contributed by atoms with Crippen LogP contribution in [0.3, 0.4) is 0 Å². The van der Waals surface area contributed by atoms with Gasteiger partial charge in [-0.15, -0.1) is 0 Å². The number of nitrogens with zero attached hydrogens (tertiary/aromatic N) is 4. The molecule has 4 aliphatic rings. The summed E-state index contributed by atoms with van der Waals surface area (Å²) in [6, 6.07) is 0. The number of hydrogen-bond donors (Lipinski definition) is 2. The lowest BCUT2D eigenvalue weighted by Crippen LogP contribution is -2.53. The van der Waals surface area contributed by atoms with Crippen LogP contribution in [0.2, 0.25) is 0 Å². The average Bonchev–Trinajstić information content (AvgIpc) is 3.32. The second kappa shape index (κ2) is 15.6. The van der Waals surface area contributed by atoms with Gasteiger partial charge in [0.25, 0.3) is 0 Å². The molecule has 4 unspecified atom stereocenters. The SMILES string of the molecule is CC(CC[C@@H](OS(=O)(=O)O)C(C)C)[C@H]1CCC2C3CC[C@H]4CC(=NCCCNCCCCN=[N+]=[N-])CC[C@]4(C)C3CC[C@@]21C. The molecule has 0 bridgehead atoms. The van der Waals surface area contributed by atoms with Crippen molar-refractivity contribution in [2.45, 2.75) is 131 Å². The van der Waals surface area contributed by atoms with Gasteiger partial charge in [-0.3, -0.25) is 9.55 Å². The van der Waals surface area contributed by atoms with E-state index in [1.807, 2.05) is 13.8 Å². The summed E-state index contributed by atoms with van der Waals surface area (Å²) in [6.45, 7) is 15.0. The zero-order chi connectivity index (χ0) is 32.0. The molecular weight excluding hydrogens is 574 g/mol. The molecule has 0 aliphatic heterocycles. The smallest absolute Gasteiger partial charge is 0.317 e. The van der Waals surface area contributed by atoms with E-state index in [-0.39, 0.29) is 5.92 Å². The molecule has 0 heterocycles. The lowest BCUT2D eigenvalue weighted by atomic mass is 9.44. The van der Waals surface area contributed by atoms with Gasteiger partial charge in [0.15, 0.2) is 0 Å². The van der Waals surface area contributed by atoms with Crippen molar-refractivity contribution in [3.05, 3.63) is 10.4 Å². The summed E-state index contributed by atoms with van der Waals surface area (Å²) in [5.74, 6) is 4.51. The van der Waals surface area contributed by atoms with Crippen LogP contribution in [-0.4, -0.2) is 51.0 Å². The van der Waals surface area contributed by atoms with E-state index in [0.717, 1.165) is 69.0 Å². The minimum absolute atomic E-state index is 0.0403. The highest BCUT2D eigenvalue weighted by Gasteiger charge is 2.60. The highest BCUT2D eigenvalue weighted by atomic mass is 32.3. The van der Waals surface area contributed by atoms with E-state index in [1.165, 1.54) is 63.5 Å². The highest BCUT2D eigenvalue weighted by Crippen LogP contribution is 2.68. The maximum atomic E-state index is 11.4. The van der Waals surface area contributed by atoms with Gasteiger partial charge in [0, 0.05) is 23.7 Å². The first-order valence-corrected chi connectivity index (χ1v) is 19.1. The summed E-state index contributed by atoms with van der Waals surface area (Å²) in [6.07, 6.45) is 15.9. The predicted molar refractivity (Wildman–Crippen MR) is 178 cm³/mol. The van der Waals surface area contributed by atoms with E-state index in [0.29, 0.717) is 35.6 Å². The first-order valence-electron chi connectivity index (χ1n) is 17.8. The summed E-state index contributed by atoms with van der Waals surface area (Å²) in [5, 5.41) is 7.08. The molecule has 4 saturated carbocycles. The standard InChI is InChI=1S/C34H61N5O4S/c1-24(2)32(43-44(40,41)42)14-9-25(3)29-12-13-30-28-11-10-26-23-27(37-21-8-20-36-19-6-7-22-38-39-35)15-17-33(26,4)31(28)16-18-34(29,30)5/h24-26,28-32,36H,6-23H2,1-5H3,(H,40,41,42)/t25?,26-,28?,29+,30?,31?,32+,33-,34+/m0/s1. The third kappa shape index (κ3) is 8.58. The summed E-state index contributed by atoms with van der Waals surface area (Å²) in [4.78, 5) is 7.89. The first-order chi connectivity index (χ1) is 20.9. The zero-order valence-electron chi connectivity index (χ0n) is 28.2. The molecule has 9 nitrogen and oxygen atoms in total. The van der Waals surface area contributed by atoms with Crippen LogP contribution in [0.25, 0.3) is 10.4 Å². The highest BCUT2D eigenvalue weighted by molar-refractivity contribution is 7.80. The van der Waals surface area contributed by atoms with Gasteiger partial charge in [-0.2, -0.15) is 8.42 Å². The molecule has 0 amide bonds. The monoisotopic (exact) mass is 635 g/mol. The summed E-state index contributed by atoms with van der Waals surface area (Å²) in [5.41, 5.74) is 10.6. The number of hydrogen-bond acceptors (Lipinski definition) is 6. The van der Waals surface area contributed by atoms with Gasteiger partial charge in [0.1, 0.15) is 0 Å².